The van der Waals surface area contributed by atoms with Crippen molar-refractivity contribution in [1.29, 1.82) is 0 Å². The Morgan fingerprint density at radius 2 is 2.33 bits per heavy atom. The summed E-state index contributed by atoms with van der Waals surface area (Å²) >= 11 is 0. The first-order valence-corrected chi connectivity index (χ1v) is 4.55. The highest BCUT2D eigenvalue weighted by Crippen LogP contribution is 2.02. The molecule has 78 valence electrons. The molecule has 0 bridgehead atoms. The third-order valence-electron chi connectivity index (χ3n) is 1.83. The van der Waals surface area contributed by atoms with Crippen LogP contribution in [0.2, 0.25) is 0 Å². The van der Waals surface area contributed by atoms with Crippen LogP contribution in [0.25, 0.3) is 0 Å². The fourth-order valence-corrected chi connectivity index (χ4v) is 1.16. The lowest BCUT2D eigenvalue weighted by Crippen LogP contribution is -2.12. The van der Waals surface area contributed by atoms with Crippen LogP contribution in [-0.2, 0) is 6.54 Å². The molecule has 0 spiro atoms. The van der Waals surface area contributed by atoms with Gasteiger partial charge in [-0.15, -0.1) is 5.10 Å². The van der Waals surface area contributed by atoms with Crippen LogP contribution >= 0.6 is 0 Å². The molecule has 2 aromatic heterocycles. The molecule has 6 heteroatoms. The first-order chi connectivity index (χ1) is 7.34. The van der Waals surface area contributed by atoms with E-state index in [9.17, 15) is 4.39 Å². The van der Waals surface area contributed by atoms with E-state index < -0.39 is 5.95 Å². The molecule has 0 aliphatic carbocycles. The van der Waals surface area contributed by atoms with Gasteiger partial charge in [0.05, 0.1) is 12.7 Å². The van der Waals surface area contributed by atoms with Gasteiger partial charge in [0.25, 0.3) is 0 Å². The second-order valence-electron chi connectivity index (χ2n) is 2.94. The van der Waals surface area contributed by atoms with Crippen LogP contribution in [0.5, 0.6) is 0 Å². The van der Waals surface area contributed by atoms with Crippen LogP contribution in [0.15, 0.2) is 30.6 Å². The molecule has 0 fully saturated rings. The first-order valence-electron chi connectivity index (χ1n) is 4.55. The van der Waals surface area contributed by atoms with E-state index >= 15 is 0 Å². The summed E-state index contributed by atoms with van der Waals surface area (Å²) in [5.74, 6) is 0.0378. The molecule has 0 unspecified atom stereocenters. The van der Waals surface area contributed by atoms with Gasteiger partial charge in [0, 0.05) is 12.7 Å². The molecular weight excluding hydrogens is 197 g/mol. The zero-order valence-electron chi connectivity index (χ0n) is 7.97. The molecule has 2 rings (SSSR count). The maximum absolute atomic E-state index is 12.7. The number of hydrogen-bond acceptors (Lipinski definition) is 4. The maximum atomic E-state index is 12.7. The second kappa shape index (κ2) is 4.50. The average Bonchev–Trinajstić information content (AvgIpc) is 2.71. The van der Waals surface area contributed by atoms with Gasteiger partial charge in [-0.05, 0) is 12.1 Å². The molecule has 2 aromatic rings. The Bertz CT molecular complexity index is 414. The van der Waals surface area contributed by atoms with Crippen molar-refractivity contribution >= 4 is 5.82 Å². The lowest BCUT2D eigenvalue weighted by Gasteiger charge is -2.04. The Morgan fingerprint density at radius 1 is 1.40 bits per heavy atom. The highest BCUT2D eigenvalue weighted by molar-refractivity contribution is 5.33. The van der Waals surface area contributed by atoms with Crippen molar-refractivity contribution < 1.29 is 4.39 Å². The van der Waals surface area contributed by atoms with Gasteiger partial charge in [-0.3, -0.25) is 4.68 Å². The van der Waals surface area contributed by atoms with Crippen molar-refractivity contribution in [3.8, 4) is 0 Å². The molecule has 0 aliphatic rings. The van der Waals surface area contributed by atoms with Crippen LogP contribution in [0, 0.1) is 5.95 Å². The van der Waals surface area contributed by atoms with Gasteiger partial charge in [-0.2, -0.15) is 4.39 Å². The van der Waals surface area contributed by atoms with Crippen molar-refractivity contribution in [2.24, 2.45) is 0 Å². The lowest BCUT2D eigenvalue weighted by molar-refractivity contribution is 0.582. The average molecular weight is 207 g/mol. The molecule has 1 N–H and O–H groups in total. The molecule has 0 saturated carbocycles. The predicted molar refractivity (Wildman–Crippen MR) is 52.7 cm³/mol. The smallest absolute Gasteiger partial charge is 0.214 e. The van der Waals surface area contributed by atoms with Crippen molar-refractivity contribution in [2.75, 3.05) is 11.9 Å². The molecule has 15 heavy (non-hydrogen) atoms. The molecule has 0 aromatic carbocycles. The summed E-state index contributed by atoms with van der Waals surface area (Å²) in [5, 5.41) is 10.5. The van der Waals surface area contributed by atoms with Gasteiger partial charge < -0.3 is 5.32 Å². The lowest BCUT2D eigenvalue weighted by atomic mass is 10.4. The third kappa shape index (κ3) is 2.73. The standard InChI is InChI=1S/C9H10FN5/c10-8-2-1-3-9(13-8)11-4-6-15-7-5-12-14-15/h1-3,5,7H,4,6H2,(H,11,13). The summed E-state index contributed by atoms with van der Waals surface area (Å²) in [4.78, 5) is 3.67. The summed E-state index contributed by atoms with van der Waals surface area (Å²) in [6.07, 6.45) is 3.38. The summed E-state index contributed by atoms with van der Waals surface area (Å²) < 4.78 is 14.4. The fraction of sp³-hybridized carbons (Fsp3) is 0.222. The highest BCUT2D eigenvalue weighted by Gasteiger charge is 1.96. The molecule has 0 aliphatic heterocycles. The van der Waals surface area contributed by atoms with Gasteiger partial charge >= 0.3 is 0 Å². The Hall–Kier alpha value is -1.98. The zero-order chi connectivity index (χ0) is 10.5. The number of rotatable bonds is 4. The van der Waals surface area contributed by atoms with Gasteiger partial charge in [-0.1, -0.05) is 11.3 Å². The minimum atomic E-state index is -0.485. The quantitative estimate of drug-likeness (QED) is 0.757. The summed E-state index contributed by atoms with van der Waals surface area (Å²) in [5.41, 5.74) is 0. The van der Waals surface area contributed by atoms with Crippen LogP contribution in [0.3, 0.4) is 0 Å². The molecule has 5 nitrogen and oxygen atoms in total. The molecule has 2 heterocycles. The highest BCUT2D eigenvalue weighted by atomic mass is 19.1. The van der Waals surface area contributed by atoms with Gasteiger partial charge in [-0.25, -0.2) is 4.98 Å². The number of anilines is 1. The van der Waals surface area contributed by atoms with E-state index in [4.69, 9.17) is 0 Å². The number of hydrogen-bond donors (Lipinski definition) is 1. The van der Waals surface area contributed by atoms with Crippen molar-refractivity contribution in [2.45, 2.75) is 6.54 Å². The first kappa shape index (κ1) is 9.57. The number of nitrogens with one attached hydrogen (secondary N) is 1. The Kier molecular flexibility index (Phi) is 2.87. The van der Waals surface area contributed by atoms with Crippen LogP contribution in [0.4, 0.5) is 10.2 Å². The number of halogens is 1. The van der Waals surface area contributed by atoms with Crippen molar-refractivity contribution in [3.05, 3.63) is 36.5 Å². The molecular formula is C9H10FN5. The van der Waals surface area contributed by atoms with Crippen molar-refractivity contribution in [3.63, 3.8) is 0 Å². The van der Waals surface area contributed by atoms with E-state index in [0.717, 1.165) is 0 Å². The van der Waals surface area contributed by atoms with Crippen molar-refractivity contribution in [1.82, 2.24) is 20.0 Å². The van der Waals surface area contributed by atoms with Gasteiger partial charge in [0.15, 0.2) is 0 Å². The molecule has 0 amide bonds. The summed E-state index contributed by atoms with van der Waals surface area (Å²) in [6.45, 7) is 1.29. The summed E-state index contributed by atoms with van der Waals surface area (Å²) in [7, 11) is 0. The van der Waals surface area contributed by atoms with E-state index in [1.165, 1.54) is 6.07 Å². The Balaban J connectivity index is 1.83. The number of nitrogens with zero attached hydrogens (tertiary/aromatic N) is 4. The summed E-state index contributed by atoms with van der Waals surface area (Å²) in [6, 6.07) is 4.63. The zero-order valence-corrected chi connectivity index (χ0v) is 7.97. The van der Waals surface area contributed by atoms with E-state index in [0.29, 0.717) is 18.9 Å². The predicted octanol–water partition coefficient (Wildman–Crippen LogP) is 0.924. The topological polar surface area (TPSA) is 55.6 Å². The van der Waals surface area contributed by atoms with E-state index in [2.05, 4.69) is 20.6 Å². The van der Waals surface area contributed by atoms with E-state index in [-0.39, 0.29) is 0 Å². The Labute approximate surface area is 85.9 Å². The van der Waals surface area contributed by atoms with Crippen LogP contribution in [0.1, 0.15) is 0 Å². The fourth-order valence-electron chi connectivity index (χ4n) is 1.16. The van der Waals surface area contributed by atoms with Crippen LogP contribution < -0.4 is 5.32 Å². The van der Waals surface area contributed by atoms with Gasteiger partial charge in [0.2, 0.25) is 5.95 Å². The SMILES string of the molecule is Fc1cccc(NCCn2ccnn2)n1. The van der Waals surface area contributed by atoms with Crippen LogP contribution in [-0.4, -0.2) is 26.5 Å². The van der Waals surface area contributed by atoms with Gasteiger partial charge in [0.1, 0.15) is 5.82 Å². The molecule has 0 saturated heterocycles. The monoisotopic (exact) mass is 207 g/mol. The minimum Gasteiger partial charge on any atom is -0.368 e. The second-order valence-corrected chi connectivity index (χ2v) is 2.94. The third-order valence-corrected chi connectivity index (χ3v) is 1.83. The minimum absolute atomic E-state index is 0.485. The van der Waals surface area contributed by atoms with E-state index in [1.54, 1.807) is 29.2 Å². The van der Waals surface area contributed by atoms with E-state index in [1.807, 2.05) is 0 Å². The molecule has 0 atom stereocenters. The molecule has 0 radical (unpaired) electrons. The largest absolute Gasteiger partial charge is 0.368 e. The Morgan fingerprint density at radius 3 is 3.07 bits per heavy atom. The maximum Gasteiger partial charge on any atom is 0.214 e. The number of pyridine rings is 1. The number of aromatic nitrogens is 4. The normalized spacial score (nSPS) is 10.2.